The Hall–Kier alpha value is -0.830. The molecule has 2 aliphatic rings. The van der Waals surface area contributed by atoms with Crippen molar-refractivity contribution in [1.82, 2.24) is 9.55 Å². The number of imidazole rings is 1. The van der Waals surface area contributed by atoms with Crippen LogP contribution in [0, 0.1) is 5.92 Å². The Morgan fingerprint density at radius 2 is 2.00 bits per heavy atom. The van der Waals surface area contributed by atoms with Gasteiger partial charge in [0.25, 0.3) is 0 Å². The second kappa shape index (κ2) is 5.04. The summed E-state index contributed by atoms with van der Waals surface area (Å²) in [5.74, 6) is 2.18. The predicted octanol–water partition coefficient (Wildman–Crippen LogP) is 2.36. The number of hydrogen-bond donors (Lipinski definition) is 1. The molecule has 1 atom stereocenters. The predicted molar refractivity (Wildman–Crippen MR) is 73.5 cm³/mol. The van der Waals surface area contributed by atoms with Crippen molar-refractivity contribution in [2.45, 2.75) is 63.8 Å². The number of hydrogen-bond acceptors (Lipinski definition) is 2. The van der Waals surface area contributed by atoms with Crippen molar-refractivity contribution < 1.29 is 0 Å². The fourth-order valence-corrected chi connectivity index (χ4v) is 3.62. The molecule has 3 heteroatoms. The molecule has 0 bridgehead atoms. The van der Waals surface area contributed by atoms with Gasteiger partial charge in [0.1, 0.15) is 5.82 Å². The highest BCUT2D eigenvalue weighted by Crippen LogP contribution is 2.28. The number of fused-ring (bicyclic) bond motifs is 1. The summed E-state index contributed by atoms with van der Waals surface area (Å²) in [6, 6.07) is 0.329. The molecule has 0 saturated heterocycles. The van der Waals surface area contributed by atoms with Gasteiger partial charge in [0, 0.05) is 31.6 Å². The maximum atomic E-state index is 6.04. The SMILES string of the molecule is Cn1c(CC2CCCCC2)nc2c1CCC(N)C2. The minimum absolute atomic E-state index is 0.329. The molecule has 0 spiro atoms. The Kier molecular flexibility index (Phi) is 3.42. The fraction of sp³-hybridized carbons (Fsp3) is 0.800. The first-order valence-corrected chi connectivity index (χ1v) is 7.53. The van der Waals surface area contributed by atoms with Crippen molar-refractivity contribution in [2.75, 3.05) is 0 Å². The van der Waals surface area contributed by atoms with Crippen LogP contribution < -0.4 is 5.73 Å². The van der Waals surface area contributed by atoms with Gasteiger partial charge in [-0.3, -0.25) is 0 Å². The Labute approximate surface area is 110 Å². The number of rotatable bonds is 2. The van der Waals surface area contributed by atoms with Gasteiger partial charge in [0.15, 0.2) is 0 Å². The molecule has 2 N–H and O–H groups in total. The van der Waals surface area contributed by atoms with Crippen molar-refractivity contribution in [2.24, 2.45) is 18.7 Å². The third kappa shape index (κ3) is 2.33. The molecule has 1 unspecified atom stereocenters. The second-order valence-corrected chi connectivity index (χ2v) is 6.19. The molecular formula is C15H25N3. The minimum atomic E-state index is 0.329. The van der Waals surface area contributed by atoms with E-state index in [9.17, 15) is 0 Å². The monoisotopic (exact) mass is 247 g/mol. The average Bonchev–Trinajstić information content (AvgIpc) is 2.67. The van der Waals surface area contributed by atoms with Crippen molar-refractivity contribution >= 4 is 0 Å². The first-order valence-electron chi connectivity index (χ1n) is 7.53. The maximum absolute atomic E-state index is 6.04. The lowest BCUT2D eigenvalue weighted by Gasteiger charge is -2.21. The molecule has 0 radical (unpaired) electrons. The van der Waals surface area contributed by atoms with Gasteiger partial charge >= 0.3 is 0 Å². The number of aromatic nitrogens is 2. The lowest BCUT2D eigenvalue weighted by Crippen LogP contribution is -2.28. The Balaban J connectivity index is 1.76. The topological polar surface area (TPSA) is 43.8 Å². The molecule has 1 aromatic heterocycles. The van der Waals surface area contributed by atoms with E-state index in [1.165, 1.54) is 55.7 Å². The van der Waals surface area contributed by atoms with Crippen LogP contribution in [0.3, 0.4) is 0 Å². The van der Waals surface area contributed by atoms with Gasteiger partial charge in [-0.15, -0.1) is 0 Å². The van der Waals surface area contributed by atoms with Crippen molar-refractivity contribution in [3.63, 3.8) is 0 Å². The van der Waals surface area contributed by atoms with E-state index in [0.29, 0.717) is 6.04 Å². The summed E-state index contributed by atoms with van der Waals surface area (Å²) in [6.45, 7) is 0. The van der Waals surface area contributed by atoms with Crippen LogP contribution in [0.2, 0.25) is 0 Å². The van der Waals surface area contributed by atoms with E-state index in [1.807, 2.05) is 0 Å². The van der Waals surface area contributed by atoms with Gasteiger partial charge in [0.2, 0.25) is 0 Å². The summed E-state index contributed by atoms with van der Waals surface area (Å²) in [7, 11) is 2.20. The highest BCUT2D eigenvalue weighted by molar-refractivity contribution is 5.21. The second-order valence-electron chi connectivity index (χ2n) is 6.19. The summed E-state index contributed by atoms with van der Waals surface area (Å²) in [5, 5.41) is 0. The van der Waals surface area contributed by atoms with Gasteiger partial charge in [-0.1, -0.05) is 32.1 Å². The van der Waals surface area contributed by atoms with Crippen molar-refractivity contribution in [1.29, 1.82) is 0 Å². The van der Waals surface area contributed by atoms with Crippen LogP contribution in [0.15, 0.2) is 0 Å². The normalized spacial score (nSPS) is 25.1. The zero-order valence-electron chi connectivity index (χ0n) is 11.5. The molecule has 1 fully saturated rings. The molecule has 18 heavy (non-hydrogen) atoms. The lowest BCUT2D eigenvalue weighted by atomic mass is 9.87. The van der Waals surface area contributed by atoms with Crippen molar-refractivity contribution in [3.05, 3.63) is 17.2 Å². The van der Waals surface area contributed by atoms with Gasteiger partial charge in [-0.25, -0.2) is 4.98 Å². The lowest BCUT2D eigenvalue weighted by molar-refractivity contribution is 0.349. The van der Waals surface area contributed by atoms with E-state index in [0.717, 1.165) is 25.2 Å². The molecule has 1 saturated carbocycles. The summed E-state index contributed by atoms with van der Waals surface area (Å²) in [5.41, 5.74) is 8.77. The Morgan fingerprint density at radius 3 is 2.78 bits per heavy atom. The molecule has 0 aromatic carbocycles. The van der Waals surface area contributed by atoms with E-state index in [2.05, 4.69) is 11.6 Å². The molecule has 3 nitrogen and oxygen atoms in total. The molecule has 2 aliphatic carbocycles. The van der Waals surface area contributed by atoms with Crippen LogP contribution in [0.1, 0.15) is 55.7 Å². The van der Waals surface area contributed by atoms with Crippen LogP contribution in [-0.4, -0.2) is 15.6 Å². The van der Waals surface area contributed by atoms with E-state index in [-0.39, 0.29) is 0 Å². The first-order chi connectivity index (χ1) is 8.74. The summed E-state index contributed by atoms with van der Waals surface area (Å²) in [4.78, 5) is 4.88. The molecule has 0 amide bonds. The highest BCUT2D eigenvalue weighted by atomic mass is 15.1. The Morgan fingerprint density at radius 1 is 1.22 bits per heavy atom. The zero-order valence-corrected chi connectivity index (χ0v) is 11.5. The average molecular weight is 247 g/mol. The molecule has 1 aromatic rings. The third-order valence-corrected chi connectivity index (χ3v) is 4.79. The summed E-state index contributed by atoms with van der Waals surface area (Å²) < 4.78 is 2.36. The van der Waals surface area contributed by atoms with Gasteiger partial charge < -0.3 is 10.3 Å². The number of nitrogens with two attached hydrogens (primary N) is 1. The van der Waals surface area contributed by atoms with Crippen LogP contribution in [0.5, 0.6) is 0 Å². The molecule has 0 aliphatic heterocycles. The summed E-state index contributed by atoms with van der Waals surface area (Å²) in [6.07, 6.45) is 11.5. The molecular weight excluding hydrogens is 222 g/mol. The van der Waals surface area contributed by atoms with E-state index < -0.39 is 0 Å². The standard InChI is InChI=1S/C15H25N3/c1-18-14-8-7-12(16)10-13(14)17-15(18)9-11-5-3-2-4-6-11/h11-12H,2-10,16H2,1H3. The van der Waals surface area contributed by atoms with Gasteiger partial charge in [-0.05, 0) is 18.8 Å². The smallest absolute Gasteiger partial charge is 0.109 e. The van der Waals surface area contributed by atoms with E-state index >= 15 is 0 Å². The van der Waals surface area contributed by atoms with Gasteiger partial charge in [0.05, 0.1) is 5.69 Å². The molecule has 100 valence electrons. The third-order valence-electron chi connectivity index (χ3n) is 4.79. The molecule has 3 rings (SSSR count). The Bertz CT molecular complexity index is 416. The zero-order chi connectivity index (χ0) is 12.5. The van der Waals surface area contributed by atoms with Crippen LogP contribution >= 0.6 is 0 Å². The number of nitrogens with zero attached hydrogens (tertiary/aromatic N) is 2. The largest absolute Gasteiger partial charge is 0.335 e. The molecule has 1 heterocycles. The van der Waals surface area contributed by atoms with E-state index in [1.54, 1.807) is 0 Å². The fourth-order valence-electron chi connectivity index (χ4n) is 3.62. The van der Waals surface area contributed by atoms with Crippen LogP contribution in [0.4, 0.5) is 0 Å². The van der Waals surface area contributed by atoms with Crippen molar-refractivity contribution in [3.8, 4) is 0 Å². The first kappa shape index (κ1) is 12.2. The van der Waals surface area contributed by atoms with Gasteiger partial charge in [-0.2, -0.15) is 0 Å². The van der Waals surface area contributed by atoms with Crippen LogP contribution in [0.25, 0.3) is 0 Å². The van der Waals surface area contributed by atoms with E-state index in [4.69, 9.17) is 10.7 Å². The summed E-state index contributed by atoms with van der Waals surface area (Å²) >= 11 is 0. The quantitative estimate of drug-likeness (QED) is 0.872. The van der Waals surface area contributed by atoms with Crippen LogP contribution in [-0.2, 0) is 26.3 Å². The minimum Gasteiger partial charge on any atom is -0.335 e. The highest BCUT2D eigenvalue weighted by Gasteiger charge is 2.23. The maximum Gasteiger partial charge on any atom is 0.109 e.